The van der Waals surface area contributed by atoms with Crippen molar-refractivity contribution < 1.29 is 0 Å². The monoisotopic (exact) mass is 394 g/mol. The van der Waals surface area contributed by atoms with Crippen molar-refractivity contribution in [2.75, 3.05) is 0 Å². The van der Waals surface area contributed by atoms with E-state index in [1.165, 1.54) is 0 Å². The molecule has 5 rings (SSSR count). The first-order chi connectivity index (χ1) is 14.7. The molecule has 2 aromatic heterocycles. The lowest BCUT2D eigenvalue weighted by molar-refractivity contribution is 0.969. The van der Waals surface area contributed by atoms with Crippen molar-refractivity contribution in [2.24, 2.45) is 0 Å². The van der Waals surface area contributed by atoms with E-state index in [2.05, 4.69) is 37.1 Å². The summed E-state index contributed by atoms with van der Waals surface area (Å²) in [6.07, 6.45) is 1.71. The summed E-state index contributed by atoms with van der Waals surface area (Å²) in [7, 11) is 0. The summed E-state index contributed by atoms with van der Waals surface area (Å²) in [4.78, 5) is 0. The minimum absolute atomic E-state index is 0.874. The minimum atomic E-state index is 0.874. The lowest BCUT2D eigenvalue weighted by Crippen LogP contribution is -1.99. The summed E-state index contributed by atoms with van der Waals surface area (Å²) >= 11 is 0. The Morgan fingerprint density at radius 1 is 0.567 bits per heavy atom. The van der Waals surface area contributed by atoms with Gasteiger partial charge in [0.25, 0.3) is 0 Å². The van der Waals surface area contributed by atoms with Crippen molar-refractivity contribution >= 4 is 0 Å². The number of rotatable bonds is 3. The molecule has 0 bridgehead atoms. The molecule has 148 valence electrons. The maximum atomic E-state index is 4.28. The van der Waals surface area contributed by atoms with Crippen LogP contribution in [0.1, 0.15) is 11.6 Å². The second-order valence-corrected chi connectivity index (χ2v) is 6.69. The van der Waals surface area contributed by atoms with Crippen LogP contribution in [0.3, 0.4) is 0 Å². The van der Waals surface area contributed by atoms with Gasteiger partial charge >= 0.3 is 0 Å². The van der Waals surface area contributed by atoms with Crippen LogP contribution in [0.5, 0.6) is 0 Å². The summed E-state index contributed by atoms with van der Waals surface area (Å²) in [5, 5.41) is 16.2. The van der Waals surface area contributed by atoms with E-state index >= 15 is 0 Å². The number of aryl methyl sites for hydroxylation is 2. The Bertz CT molecular complexity index is 1190. The first-order valence-electron chi connectivity index (χ1n) is 9.69. The van der Waals surface area contributed by atoms with Crippen LogP contribution >= 0.6 is 0 Å². The van der Waals surface area contributed by atoms with Crippen LogP contribution < -0.4 is 0 Å². The molecule has 6 nitrogen and oxygen atoms in total. The van der Waals surface area contributed by atoms with E-state index in [0.29, 0.717) is 0 Å². The van der Waals surface area contributed by atoms with Crippen LogP contribution in [0.25, 0.3) is 22.8 Å². The lowest BCUT2D eigenvalue weighted by atomic mass is 10.2. The van der Waals surface area contributed by atoms with E-state index in [9.17, 15) is 0 Å². The molecule has 0 saturated carbocycles. The highest BCUT2D eigenvalue weighted by molar-refractivity contribution is 5.58. The predicted octanol–water partition coefficient (Wildman–Crippen LogP) is 4.82. The zero-order chi connectivity index (χ0) is 20.8. The Labute approximate surface area is 175 Å². The fraction of sp³-hybridized carbons (Fsp3) is 0.0833. The Morgan fingerprint density at radius 2 is 1.13 bits per heavy atom. The number of nitrogens with zero attached hydrogens (tertiary/aromatic N) is 6. The number of benzene rings is 3. The lowest BCUT2D eigenvalue weighted by Gasteiger charge is -2.08. The predicted molar refractivity (Wildman–Crippen MR) is 118 cm³/mol. The van der Waals surface area contributed by atoms with Crippen molar-refractivity contribution in [1.82, 2.24) is 29.5 Å². The van der Waals surface area contributed by atoms with Crippen molar-refractivity contribution in [1.29, 1.82) is 0 Å². The van der Waals surface area contributed by atoms with Crippen LogP contribution in [0.2, 0.25) is 0 Å². The van der Waals surface area contributed by atoms with Gasteiger partial charge in [0.1, 0.15) is 18.0 Å². The van der Waals surface area contributed by atoms with E-state index in [0.717, 1.165) is 34.4 Å². The number of para-hydroxylation sites is 2. The van der Waals surface area contributed by atoms with Gasteiger partial charge in [0, 0.05) is 16.9 Å². The number of hydrogen-bond acceptors (Lipinski definition) is 4. The fourth-order valence-corrected chi connectivity index (χ4v) is 3.16. The third-order valence-electron chi connectivity index (χ3n) is 4.62. The van der Waals surface area contributed by atoms with Crippen molar-refractivity contribution in [2.45, 2.75) is 13.8 Å². The number of aromatic nitrogens is 6. The van der Waals surface area contributed by atoms with Gasteiger partial charge < -0.3 is 0 Å². The minimum Gasteiger partial charge on any atom is -0.286 e. The molecule has 2 heterocycles. The van der Waals surface area contributed by atoms with Gasteiger partial charge in [-0.05, 0) is 38.1 Å². The zero-order valence-electron chi connectivity index (χ0n) is 16.9. The molecule has 0 saturated heterocycles. The van der Waals surface area contributed by atoms with Crippen molar-refractivity contribution in [3.8, 4) is 22.8 Å². The quantitative estimate of drug-likeness (QED) is 0.440. The van der Waals surface area contributed by atoms with Gasteiger partial charge in [-0.3, -0.25) is 9.13 Å². The molecule has 0 N–H and O–H groups in total. The van der Waals surface area contributed by atoms with E-state index in [-0.39, 0.29) is 0 Å². The maximum absolute atomic E-state index is 4.28. The van der Waals surface area contributed by atoms with E-state index in [1.807, 2.05) is 97.3 Å². The average molecular weight is 394 g/mol. The molecule has 0 radical (unpaired) electrons. The molecule has 0 aliphatic carbocycles. The van der Waals surface area contributed by atoms with Gasteiger partial charge in [-0.1, -0.05) is 66.7 Å². The second kappa shape index (κ2) is 8.96. The summed E-state index contributed by atoms with van der Waals surface area (Å²) in [6.45, 7) is 3.90. The molecule has 0 fully saturated rings. The molecule has 0 unspecified atom stereocenters. The Morgan fingerprint density at radius 3 is 1.70 bits per heavy atom. The van der Waals surface area contributed by atoms with E-state index < -0.39 is 0 Å². The zero-order valence-corrected chi connectivity index (χ0v) is 16.9. The summed E-state index contributed by atoms with van der Waals surface area (Å²) < 4.78 is 4.01. The van der Waals surface area contributed by atoms with Crippen LogP contribution in [-0.4, -0.2) is 29.5 Å². The molecular formula is C24H22N6. The number of hydrogen-bond donors (Lipinski definition) is 0. The Kier molecular flexibility index (Phi) is 5.75. The molecule has 3 aromatic carbocycles. The van der Waals surface area contributed by atoms with Crippen molar-refractivity contribution in [3.05, 3.63) is 109 Å². The highest BCUT2D eigenvalue weighted by Gasteiger charge is 2.11. The first kappa shape index (κ1) is 19.3. The van der Waals surface area contributed by atoms with Crippen LogP contribution in [0.4, 0.5) is 0 Å². The van der Waals surface area contributed by atoms with Gasteiger partial charge in [0.05, 0.1) is 0 Å². The molecule has 0 spiro atoms. The first-order valence-corrected chi connectivity index (χ1v) is 9.69. The molecule has 0 amide bonds. The Hall–Kier alpha value is -4.06. The normalized spacial score (nSPS) is 10.3. The summed E-state index contributed by atoms with van der Waals surface area (Å²) in [5.41, 5.74) is 3.25. The topological polar surface area (TPSA) is 61.4 Å². The third kappa shape index (κ3) is 4.17. The SMILES string of the molecule is Cc1nnc(-c2ccccc2)n1-c1ccccc1.Cc1nncn1-c1ccccc1. The van der Waals surface area contributed by atoms with Crippen molar-refractivity contribution in [3.63, 3.8) is 0 Å². The van der Waals surface area contributed by atoms with Gasteiger partial charge in [-0.2, -0.15) is 0 Å². The van der Waals surface area contributed by atoms with Crippen LogP contribution in [0.15, 0.2) is 97.3 Å². The van der Waals surface area contributed by atoms with Crippen LogP contribution in [-0.2, 0) is 0 Å². The summed E-state index contributed by atoms with van der Waals surface area (Å²) in [6, 6.07) is 30.3. The molecule has 30 heavy (non-hydrogen) atoms. The Balaban J connectivity index is 0.000000158. The highest BCUT2D eigenvalue weighted by atomic mass is 15.3. The standard InChI is InChI=1S/C15H13N3.C9H9N3/c1-12-16-17-15(13-8-4-2-5-9-13)18(12)14-10-6-3-7-11-14;1-8-11-10-7-12(8)9-5-3-2-4-6-9/h2-11H,1H3;2-7H,1H3. The maximum Gasteiger partial charge on any atom is 0.168 e. The van der Waals surface area contributed by atoms with Gasteiger partial charge in [-0.15, -0.1) is 20.4 Å². The smallest absolute Gasteiger partial charge is 0.168 e. The summed E-state index contributed by atoms with van der Waals surface area (Å²) in [5.74, 6) is 2.67. The fourth-order valence-electron chi connectivity index (χ4n) is 3.16. The molecule has 0 atom stereocenters. The average Bonchev–Trinajstić information content (AvgIpc) is 3.41. The van der Waals surface area contributed by atoms with E-state index in [4.69, 9.17) is 0 Å². The second-order valence-electron chi connectivity index (χ2n) is 6.69. The van der Waals surface area contributed by atoms with Gasteiger partial charge in [0.15, 0.2) is 5.82 Å². The molecular weight excluding hydrogens is 372 g/mol. The van der Waals surface area contributed by atoms with Gasteiger partial charge in [-0.25, -0.2) is 0 Å². The van der Waals surface area contributed by atoms with E-state index in [1.54, 1.807) is 6.33 Å². The van der Waals surface area contributed by atoms with Gasteiger partial charge in [0.2, 0.25) is 0 Å². The molecule has 0 aliphatic rings. The molecule has 5 aromatic rings. The largest absolute Gasteiger partial charge is 0.286 e. The third-order valence-corrected chi connectivity index (χ3v) is 4.62. The molecule has 0 aliphatic heterocycles. The highest BCUT2D eigenvalue weighted by Crippen LogP contribution is 2.21. The molecule has 6 heteroatoms. The van der Waals surface area contributed by atoms with Crippen LogP contribution in [0, 0.1) is 13.8 Å².